The van der Waals surface area contributed by atoms with E-state index in [9.17, 15) is 4.79 Å². The first-order valence-electron chi connectivity index (χ1n) is 6.78. The Labute approximate surface area is 115 Å². The molecule has 19 heavy (non-hydrogen) atoms. The molecule has 0 aromatic heterocycles. The van der Waals surface area contributed by atoms with E-state index in [1.54, 1.807) is 7.11 Å². The molecule has 4 heteroatoms. The third kappa shape index (κ3) is 6.36. The molecular formula is C15H24N2O2. The van der Waals surface area contributed by atoms with E-state index in [4.69, 9.17) is 10.5 Å². The molecule has 0 spiro atoms. The normalized spacial score (nSPS) is 10.4. The van der Waals surface area contributed by atoms with Gasteiger partial charge >= 0.3 is 0 Å². The number of nitrogens with two attached hydrogens (primary N) is 1. The van der Waals surface area contributed by atoms with Gasteiger partial charge in [-0.05, 0) is 18.4 Å². The van der Waals surface area contributed by atoms with E-state index in [1.165, 1.54) is 0 Å². The number of ether oxygens (including phenoxy) is 1. The van der Waals surface area contributed by atoms with Gasteiger partial charge in [0.25, 0.3) is 0 Å². The number of hydrogen-bond acceptors (Lipinski definition) is 3. The number of hydrogen-bond donors (Lipinski definition) is 1. The van der Waals surface area contributed by atoms with Crippen LogP contribution in [0.2, 0.25) is 0 Å². The molecule has 0 saturated carbocycles. The highest BCUT2D eigenvalue weighted by molar-refractivity contribution is 5.76. The van der Waals surface area contributed by atoms with Crippen molar-refractivity contribution in [2.75, 3.05) is 26.8 Å². The average molecular weight is 264 g/mol. The van der Waals surface area contributed by atoms with Crippen molar-refractivity contribution in [3.8, 4) is 0 Å². The summed E-state index contributed by atoms with van der Waals surface area (Å²) in [5.74, 6) is 0.128. The number of rotatable bonds is 9. The third-order valence-corrected chi connectivity index (χ3v) is 2.95. The Hall–Kier alpha value is -1.39. The topological polar surface area (TPSA) is 55.6 Å². The zero-order valence-electron chi connectivity index (χ0n) is 11.7. The van der Waals surface area contributed by atoms with Crippen molar-refractivity contribution in [3.05, 3.63) is 35.9 Å². The molecule has 1 amide bonds. The van der Waals surface area contributed by atoms with Crippen molar-refractivity contribution >= 4 is 5.91 Å². The molecule has 0 fully saturated rings. The molecule has 1 rings (SSSR count). The summed E-state index contributed by atoms with van der Waals surface area (Å²) >= 11 is 0. The zero-order valence-corrected chi connectivity index (χ0v) is 11.7. The Balaban J connectivity index is 2.51. The summed E-state index contributed by atoms with van der Waals surface area (Å²) in [5, 5.41) is 0. The summed E-state index contributed by atoms with van der Waals surface area (Å²) in [6, 6.07) is 10.0. The number of amides is 1. The Morgan fingerprint density at radius 3 is 2.63 bits per heavy atom. The van der Waals surface area contributed by atoms with E-state index in [0.717, 1.165) is 31.6 Å². The van der Waals surface area contributed by atoms with Crippen LogP contribution in [-0.2, 0) is 16.1 Å². The lowest BCUT2D eigenvalue weighted by atomic mass is 10.2. The average Bonchev–Trinajstić information content (AvgIpc) is 2.43. The molecule has 0 radical (unpaired) electrons. The summed E-state index contributed by atoms with van der Waals surface area (Å²) in [4.78, 5) is 13.9. The summed E-state index contributed by atoms with van der Waals surface area (Å²) in [5.41, 5.74) is 6.62. The maximum absolute atomic E-state index is 12.0. The van der Waals surface area contributed by atoms with Gasteiger partial charge in [0.05, 0.1) is 0 Å². The standard InChI is InChI=1S/C15H24N2O2/c1-19-12-6-5-11-17(15(18)9-10-16)13-14-7-3-2-4-8-14/h2-4,7-8H,5-6,9-13,16H2,1H3. The largest absolute Gasteiger partial charge is 0.385 e. The van der Waals surface area contributed by atoms with Crippen LogP contribution in [0.15, 0.2) is 30.3 Å². The van der Waals surface area contributed by atoms with Crippen molar-refractivity contribution < 1.29 is 9.53 Å². The fourth-order valence-corrected chi connectivity index (χ4v) is 1.93. The van der Waals surface area contributed by atoms with Gasteiger partial charge in [0.2, 0.25) is 5.91 Å². The Kier molecular flexibility index (Phi) is 7.86. The van der Waals surface area contributed by atoms with Gasteiger partial charge in [-0.3, -0.25) is 4.79 Å². The third-order valence-electron chi connectivity index (χ3n) is 2.95. The molecule has 0 aliphatic heterocycles. The van der Waals surface area contributed by atoms with E-state index in [0.29, 0.717) is 19.5 Å². The fraction of sp³-hybridized carbons (Fsp3) is 0.533. The molecule has 0 aliphatic carbocycles. The molecule has 0 heterocycles. The maximum Gasteiger partial charge on any atom is 0.224 e. The number of carbonyl (C=O) groups excluding carboxylic acids is 1. The minimum absolute atomic E-state index is 0.128. The van der Waals surface area contributed by atoms with Crippen LogP contribution in [0.5, 0.6) is 0 Å². The monoisotopic (exact) mass is 264 g/mol. The summed E-state index contributed by atoms with van der Waals surface area (Å²) in [6.45, 7) is 2.57. The van der Waals surface area contributed by atoms with Crippen LogP contribution in [0.25, 0.3) is 0 Å². The number of nitrogens with zero attached hydrogens (tertiary/aromatic N) is 1. The molecule has 0 unspecified atom stereocenters. The van der Waals surface area contributed by atoms with Crippen LogP contribution < -0.4 is 5.73 Å². The fourth-order valence-electron chi connectivity index (χ4n) is 1.93. The van der Waals surface area contributed by atoms with Crippen molar-refractivity contribution in [1.29, 1.82) is 0 Å². The van der Waals surface area contributed by atoms with E-state index in [1.807, 2.05) is 35.2 Å². The molecular weight excluding hydrogens is 240 g/mol. The molecule has 0 atom stereocenters. The second-order valence-electron chi connectivity index (χ2n) is 4.54. The second kappa shape index (κ2) is 9.53. The first-order chi connectivity index (χ1) is 9.27. The van der Waals surface area contributed by atoms with Crippen LogP contribution in [0.3, 0.4) is 0 Å². The van der Waals surface area contributed by atoms with E-state index in [2.05, 4.69) is 0 Å². The lowest BCUT2D eigenvalue weighted by Crippen LogP contribution is -2.32. The first kappa shape index (κ1) is 15.7. The van der Waals surface area contributed by atoms with Gasteiger partial charge < -0.3 is 15.4 Å². The summed E-state index contributed by atoms with van der Waals surface area (Å²) < 4.78 is 5.03. The second-order valence-corrected chi connectivity index (χ2v) is 4.54. The molecule has 1 aromatic carbocycles. The van der Waals surface area contributed by atoms with Gasteiger partial charge in [-0.1, -0.05) is 30.3 Å². The van der Waals surface area contributed by atoms with Crippen LogP contribution in [0.4, 0.5) is 0 Å². The van der Waals surface area contributed by atoms with Gasteiger partial charge in [0.1, 0.15) is 0 Å². The lowest BCUT2D eigenvalue weighted by Gasteiger charge is -2.22. The van der Waals surface area contributed by atoms with Gasteiger partial charge in [-0.15, -0.1) is 0 Å². The minimum atomic E-state index is 0.128. The van der Waals surface area contributed by atoms with Crippen molar-refractivity contribution in [1.82, 2.24) is 4.90 Å². The van der Waals surface area contributed by atoms with E-state index < -0.39 is 0 Å². The number of benzene rings is 1. The van der Waals surface area contributed by atoms with E-state index >= 15 is 0 Å². The van der Waals surface area contributed by atoms with Crippen LogP contribution in [0.1, 0.15) is 24.8 Å². The number of unbranched alkanes of at least 4 members (excludes halogenated alkanes) is 1. The Morgan fingerprint density at radius 2 is 2.00 bits per heavy atom. The van der Waals surface area contributed by atoms with Crippen molar-refractivity contribution in [2.24, 2.45) is 5.73 Å². The van der Waals surface area contributed by atoms with Gasteiger partial charge in [-0.2, -0.15) is 0 Å². The SMILES string of the molecule is COCCCCN(Cc1ccccc1)C(=O)CCN. The summed E-state index contributed by atoms with van der Waals surface area (Å²) in [7, 11) is 1.70. The predicted molar refractivity (Wildman–Crippen MR) is 76.6 cm³/mol. The molecule has 106 valence electrons. The molecule has 4 nitrogen and oxygen atoms in total. The molecule has 2 N–H and O–H groups in total. The van der Waals surface area contributed by atoms with Gasteiger partial charge in [0.15, 0.2) is 0 Å². The summed E-state index contributed by atoms with van der Waals surface area (Å²) in [6.07, 6.45) is 2.34. The minimum Gasteiger partial charge on any atom is -0.385 e. The van der Waals surface area contributed by atoms with Crippen LogP contribution >= 0.6 is 0 Å². The quantitative estimate of drug-likeness (QED) is 0.692. The Morgan fingerprint density at radius 1 is 1.26 bits per heavy atom. The van der Waals surface area contributed by atoms with Crippen LogP contribution in [0, 0.1) is 0 Å². The first-order valence-corrected chi connectivity index (χ1v) is 6.78. The Bertz CT molecular complexity index is 354. The highest BCUT2D eigenvalue weighted by Crippen LogP contribution is 2.07. The zero-order chi connectivity index (χ0) is 13.9. The van der Waals surface area contributed by atoms with Crippen LogP contribution in [-0.4, -0.2) is 37.6 Å². The molecule has 0 bridgehead atoms. The molecule has 1 aromatic rings. The van der Waals surface area contributed by atoms with Crippen molar-refractivity contribution in [2.45, 2.75) is 25.8 Å². The smallest absolute Gasteiger partial charge is 0.224 e. The molecule has 0 saturated heterocycles. The van der Waals surface area contributed by atoms with E-state index in [-0.39, 0.29) is 5.91 Å². The van der Waals surface area contributed by atoms with Gasteiger partial charge in [-0.25, -0.2) is 0 Å². The number of methoxy groups -OCH3 is 1. The maximum atomic E-state index is 12.0. The number of carbonyl (C=O) groups is 1. The predicted octanol–water partition coefficient (Wildman–Crippen LogP) is 1.79. The highest BCUT2D eigenvalue weighted by Gasteiger charge is 2.12. The van der Waals surface area contributed by atoms with Crippen molar-refractivity contribution in [3.63, 3.8) is 0 Å². The van der Waals surface area contributed by atoms with Gasteiger partial charge in [0, 0.05) is 39.8 Å². The highest BCUT2D eigenvalue weighted by atomic mass is 16.5. The lowest BCUT2D eigenvalue weighted by molar-refractivity contribution is -0.131. The molecule has 0 aliphatic rings.